The number of nitrogens with zero attached hydrogens (tertiary/aromatic N) is 1. The van der Waals surface area contributed by atoms with Crippen molar-refractivity contribution in [3.63, 3.8) is 0 Å². The van der Waals surface area contributed by atoms with Crippen LogP contribution in [0.25, 0.3) is 55.6 Å². The quantitative estimate of drug-likeness (QED) is 0.157. The number of nitrogens with one attached hydrogen (secondary N) is 1. The molecule has 10 rings (SSSR count). The van der Waals surface area contributed by atoms with Gasteiger partial charge in [-0.25, -0.2) is 0 Å². The molecule has 1 aliphatic carbocycles. The highest BCUT2D eigenvalue weighted by molar-refractivity contribution is 5.99. The van der Waals surface area contributed by atoms with Gasteiger partial charge < -0.3 is 10.2 Å². The molecule has 0 spiro atoms. The summed E-state index contributed by atoms with van der Waals surface area (Å²) in [7, 11) is 0. The summed E-state index contributed by atoms with van der Waals surface area (Å²) in [5, 5.41) is 3.69. The number of hydrogen-bond donors (Lipinski definition) is 1. The van der Waals surface area contributed by atoms with Gasteiger partial charge in [0.1, 0.15) is 0 Å². The fourth-order valence-electron chi connectivity index (χ4n) is 9.19. The Labute approximate surface area is 354 Å². The van der Waals surface area contributed by atoms with Crippen LogP contribution in [0.3, 0.4) is 0 Å². The molecule has 1 N–H and O–H groups in total. The minimum absolute atomic E-state index is 0.275. The Morgan fingerprint density at radius 2 is 0.900 bits per heavy atom. The van der Waals surface area contributed by atoms with Crippen LogP contribution in [0.1, 0.15) is 30.5 Å². The smallest absolute Gasteiger partial charge is 0.0509 e. The molecule has 2 nitrogen and oxygen atoms in total. The molecule has 9 aromatic rings. The van der Waals surface area contributed by atoms with Gasteiger partial charge in [-0.1, -0.05) is 178 Å². The molecule has 0 bridgehead atoms. The fourth-order valence-corrected chi connectivity index (χ4v) is 9.19. The van der Waals surface area contributed by atoms with Crippen LogP contribution in [0, 0.1) is 6.92 Å². The number of aryl methyl sites for hydroxylation is 1. The summed E-state index contributed by atoms with van der Waals surface area (Å²) in [4.78, 5) is 2.46. The van der Waals surface area contributed by atoms with E-state index >= 15 is 0 Å². The van der Waals surface area contributed by atoms with Crippen molar-refractivity contribution in [3.8, 4) is 55.6 Å². The maximum absolute atomic E-state index is 3.69. The van der Waals surface area contributed by atoms with E-state index < -0.39 is 0 Å². The third-order valence-corrected chi connectivity index (χ3v) is 12.2. The van der Waals surface area contributed by atoms with E-state index in [9.17, 15) is 0 Å². The van der Waals surface area contributed by atoms with Crippen molar-refractivity contribution in [3.05, 3.63) is 235 Å². The van der Waals surface area contributed by atoms with Crippen LogP contribution in [-0.2, 0) is 5.41 Å². The Morgan fingerprint density at radius 1 is 0.400 bits per heavy atom. The first-order valence-corrected chi connectivity index (χ1v) is 20.8. The van der Waals surface area contributed by atoms with E-state index in [0.29, 0.717) is 0 Å². The minimum Gasteiger partial charge on any atom is -0.355 e. The molecule has 0 aromatic heterocycles. The molecule has 288 valence electrons. The molecule has 0 aliphatic heterocycles. The van der Waals surface area contributed by atoms with Gasteiger partial charge in [-0.3, -0.25) is 0 Å². The van der Waals surface area contributed by atoms with E-state index in [1.807, 2.05) is 0 Å². The number of para-hydroxylation sites is 2. The predicted molar refractivity (Wildman–Crippen MR) is 255 cm³/mol. The third kappa shape index (κ3) is 6.67. The van der Waals surface area contributed by atoms with Gasteiger partial charge in [-0.05, 0) is 128 Å². The monoisotopic (exact) mass is 770 g/mol. The summed E-state index contributed by atoms with van der Waals surface area (Å²) >= 11 is 0. The van der Waals surface area contributed by atoms with Gasteiger partial charge in [0.2, 0.25) is 0 Å². The Bertz CT molecular complexity index is 2870. The second-order valence-electron chi connectivity index (χ2n) is 16.3. The molecule has 2 heteroatoms. The Balaban J connectivity index is 1.16. The van der Waals surface area contributed by atoms with Gasteiger partial charge in [-0.15, -0.1) is 0 Å². The minimum atomic E-state index is -0.275. The molecule has 0 saturated carbocycles. The zero-order chi connectivity index (χ0) is 40.6. The van der Waals surface area contributed by atoms with Crippen molar-refractivity contribution in [1.82, 2.24) is 0 Å². The molecule has 0 amide bonds. The van der Waals surface area contributed by atoms with E-state index in [-0.39, 0.29) is 5.41 Å². The SMILES string of the molecule is Cc1ccc(-c2ccc(N(c3ccc(-c4ccccc4)cc3)c3ccc(-c4ccccc4)cc3)c3c2-c2ccccc2C3(C)C)cc1-c1ccccc1Nc1ccccc1. The lowest BCUT2D eigenvalue weighted by Crippen LogP contribution is -2.20. The normalized spacial score (nSPS) is 12.4. The number of anilines is 5. The topological polar surface area (TPSA) is 15.3 Å². The standard InChI is InChI=1S/C58H46N2/c1-40-27-28-45(39-52(40)50-23-14-16-26-54(50)59-46-21-11-6-12-22-46)49-37-38-55(57-56(49)51-24-13-15-25-53(51)58(57,2)3)60(47-33-29-43(30-34-47)41-17-7-4-8-18-41)48-35-31-44(32-36-48)42-19-9-5-10-20-42/h4-39,59H,1-3H3. The zero-order valence-corrected chi connectivity index (χ0v) is 34.2. The molecule has 0 saturated heterocycles. The molecule has 0 fully saturated rings. The van der Waals surface area contributed by atoms with Crippen molar-refractivity contribution in [1.29, 1.82) is 0 Å². The Kier molecular flexibility index (Phi) is 9.47. The second kappa shape index (κ2) is 15.4. The highest BCUT2D eigenvalue weighted by Crippen LogP contribution is 2.57. The van der Waals surface area contributed by atoms with E-state index in [0.717, 1.165) is 22.7 Å². The number of hydrogen-bond acceptors (Lipinski definition) is 2. The number of benzene rings is 9. The van der Waals surface area contributed by atoms with Gasteiger partial charge in [0.05, 0.1) is 5.69 Å². The molecule has 0 radical (unpaired) electrons. The lowest BCUT2D eigenvalue weighted by atomic mass is 9.80. The van der Waals surface area contributed by atoms with E-state index in [4.69, 9.17) is 0 Å². The van der Waals surface area contributed by atoms with Crippen LogP contribution in [0.15, 0.2) is 218 Å². The molecular weight excluding hydrogens is 725 g/mol. The van der Waals surface area contributed by atoms with Gasteiger partial charge >= 0.3 is 0 Å². The Morgan fingerprint density at radius 3 is 1.52 bits per heavy atom. The molecule has 60 heavy (non-hydrogen) atoms. The summed E-state index contributed by atoms with van der Waals surface area (Å²) in [6, 6.07) is 79.2. The van der Waals surface area contributed by atoms with Crippen molar-refractivity contribution < 1.29 is 0 Å². The predicted octanol–water partition coefficient (Wildman–Crippen LogP) is 16.2. The summed E-state index contributed by atoms with van der Waals surface area (Å²) in [6.45, 7) is 7.01. The fraction of sp³-hybridized carbons (Fsp3) is 0.0690. The Hall–Kier alpha value is -7.42. The first kappa shape index (κ1) is 36.9. The van der Waals surface area contributed by atoms with E-state index in [2.05, 4.69) is 249 Å². The molecule has 9 aromatic carbocycles. The highest BCUT2D eigenvalue weighted by atomic mass is 15.1. The van der Waals surface area contributed by atoms with Gasteiger partial charge in [0, 0.05) is 33.7 Å². The van der Waals surface area contributed by atoms with E-state index in [1.165, 1.54) is 78.0 Å². The van der Waals surface area contributed by atoms with Gasteiger partial charge in [0.25, 0.3) is 0 Å². The molecular formula is C58H46N2. The second-order valence-corrected chi connectivity index (χ2v) is 16.3. The van der Waals surface area contributed by atoms with Crippen molar-refractivity contribution in [2.45, 2.75) is 26.2 Å². The number of fused-ring (bicyclic) bond motifs is 3. The van der Waals surface area contributed by atoms with Crippen molar-refractivity contribution >= 4 is 28.4 Å². The van der Waals surface area contributed by atoms with Gasteiger partial charge in [-0.2, -0.15) is 0 Å². The molecule has 0 atom stereocenters. The lowest BCUT2D eigenvalue weighted by Gasteiger charge is -2.33. The van der Waals surface area contributed by atoms with Crippen LogP contribution >= 0.6 is 0 Å². The average molecular weight is 771 g/mol. The summed E-state index contributed by atoms with van der Waals surface area (Å²) in [5.41, 5.74) is 21.4. The highest BCUT2D eigenvalue weighted by Gasteiger charge is 2.40. The maximum atomic E-state index is 3.69. The number of rotatable bonds is 9. The van der Waals surface area contributed by atoms with E-state index in [1.54, 1.807) is 0 Å². The maximum Gasteiger partial charge on any atom is 0.0509 e. The van der Waals surface area contributed by atoms with Crippen molar-refractivity contribution in [2.24, 2.45) is 0 Å². The third-order valence-electron chi connectivity index (χ3n) is 12.2. The molecule has 1 aliphatic rings. The first-order valence-electron chi connectivity index (χ1n) is 20.8. The summed E-state index contributed by atoms with van der Waals surface area (Å²) < 4.78 is 0. The van der Waals surface area contributed by atoms with Crippen LogP contribution in [-0.4, -0.2) is 0 Å². The summed E-state index contributed by atoms with van der Waals surface area (Å²) in [6.07, 6.45) is 0. The average Bonchev–Trinajstić information content (AvgIpc) is 3.55. The van der Waals surface area contributed by atoms with Gasteiger partial charge in [0.15, 0.2) is 0 Å². The lowest BCUT2D eigenvalue weighted by molar-refractivity contribution is 0.661. The molecule has 0 heterocycles. The zero-order valence-electron chi connectivity index (χ0n) is 34.2. The first-order chi connectivity index (χ1) is 29.4. The van der Waals surface area contributed by atoms with Crippen LogP contribution in [0.5, 0.6) is 0 Å². The van der Waals surface area contributed by atoms with Crippen molar-refractivity contribution in [2.75, 3.05) is 10.2 Å². The van der Waals surface area contributed by atoms with Crippen LogP contribution in [0.2, 0.25) is 0 Å². The van der Waals surface area contributed by atoms with Crippen LogP contribution < -0.4 is 10.2 Å². The summed E-state index contributed by atoms with van der Waals surface area (Å²) in [5.74, 6) is 0. The van der Waals surface area contributed by atoms with Crippen LogP contribution in [0.4, 0.5) is 28.4 Å². The largest absolute Gasteiger partial charge is 0.355 e. The molecule has 0 unspecified atom stereocenters.